The Labute approximate surface area is 253 Å². The fourth-order valence-electron chi connectivity index (χ4n) is 4.81. The Morgan fingerprint density at radius 2 is 1.50 bits per heavy atom. The zero-order valence-corrected chi connectivity index (χ0v) is 25.4. The molecular formula is C34H42O7S. The number of carboxylic acids is 2. The molecule has 7 nitrogen and oxygen atoms in total. The predicted molar refractivity (Wildman–Crippen MR) is 167 cm³/mol. The van der Waals surface area contributed by atoms with E-state index in [1.165, 1.54) is 4.90 Å². The van der Waals surface area contributed by atoms with Crippen LogP contribution in [0, 0.1) is 0 Å². The van der Waals surface area contributed by atoms with Gasteiger partial charge in [0.25, 0.3) is 0 Å². The summed E-state index contributed by atoms with van der Waals surface area (Å²) in [4.78, 5) is 23.2. The van der Waals surface area contributed by atoms with Gasteiger partial charge in [0.05, 0.1) is 19.8 Å². The van der Waals surface area contributed by atoms with Crippen LogP contribution in [0.3, 0.4) is 0 Å². The van der Waals surface area contributed by atoms with Gasteiger partial charge >= 0.3 is 11.9 Å². The maximum atomic E-state index is 11.2. The molecule has 226 valence electrons. The van der Waals surface area contributed by atoms with E-state index in [0.29, 0.717) is 31.8 Å². The summed E-state index contributed by atoms with van der Waals surface area (Å²) in [6.07, 6.45) is 7.73. The van der Waals surface area contributed by atoms with Gasteiger partial charge < -0.3 is 24.4 Å². The number of aryl methyl sites for hydroxylation is 1. The molecule has 0 saturated carbocycles. The van der Waals surface area contributed by atoms with Gasteiger partial charge in [-0.1, -0.05) is 37.1 Å². The second kappa shape index (κ2) is 18.1. The lowest BCUT2D eigenvalue weighted by Crippen LogP contribution is -2.07. The van der Waals surface area contributed by atoms with E-state index in [4.69, 9.17) is 19.3 Å². The van der Waals surface area contributed by atoms with Crippen LogP contribution in [0.2, 0.25) is 0 Å². The third kappa shape index (κ3) is 11.4. The number of carbonyl (C=O) groups is 2. The highest BCUT2D eigenvalue weighted by molar-refractivity contribution is 7.98. The Bertz CT molecular complexity index is 1270. The molecule has 2 N–H and O–H groups in total. The molecule has 3 aromatic rings. The van der Waals surface area contributed by atoms with Crippen molar-refractivity contribution in [2.24, 2.45) is 0 Å². The number of thioether (sulfide) groups is 1. The SMILES string of the molecule is COCc1cc(OCCCCCCc2cccc(OCCCC(=O)O)c2CCC(=O)O)cc(-c2ccc(SC)cc2)c1. The molecule has 3 rings (SSSR count). The number of hydrogen-bond acceptors (Lipinski definition) is 6. The summed E-state index contributed by atoms with van der Waals surface area (Å²) < 4.78 is 17.4. The molecule has 0 unspecified atom stereocenters. The van der Waals surface area contributed by atoms with Crippen LogP contribution in [-0.4, -0.2) is 48.7 Å². The van der Waals surface area contributed by atoms with Crippen LogP contribution in [0.25, 0.3) is 11.1 Å². The fraction of sp³-hybridized carbons (Fsp3) is 0.412. The number of methoxy groups -OCH3 is 1. The first kappa shape index (κ1) is 33.0. The molecule has 0 aliphatic carbocycles. The normalized spacial score (nSPS) is 10.9. The second-order valence-electron chi connectivity index (χ2n) is 10.2. The van der Waals surface area contributed by atoms with Crippen molar-refractivity contribution in [1.82, 2.24) is 0 Å². The third-order valence-electron chi connectivity index (χ3n) is 6.92. The number of benzene rings is 3. The number of hydrogen-bond donors (Lipinski definition) is 2. The Kier molecular flexibility index (Phi) is 14.3. The average molecular weight is 595 g/mol. The maximum Gasteiger partial charge on any atom is 0.303 e. The summed E-state index contributed by atoms with van der Waals surface area (Å²) in [7, 11) is 1.70. The molecule has 42 heavy (non-hydrogen) atoms. The largest absolute Gasteiger partial charge is 0.494 e. The second-order valence-corrected chi connectivity index (χ2v) is 11.1. The van der Waals surface area contributed by atoms with Crippen molar-refractivity contribution in [3.8, 4) is 22.6 Å². The zero-order chi connectivity index (χ0) is 30.2. The molecule has 0 aromatic heterocycles. The lowest BCUT2D eigenvalue weighted by molar-refractivity contribution is -0.138. The molecule has 0 aliphatic rings. The van der Waals surface area contributed by atoms with Crippen LogP contribution in [0.15, 0.2) is 65.6 Å². The van der Waals surface area contributed by atoms with Crippen LogP contribution in [0.1, 0.15) is 61.6 Å². The summed E-state index contributed by atoms with van der Waals surface area (Å²) in [5.74, 6) is -0.209. The van der Waals surface area contributed by atoms with E-state index < -0.39 is 11.9 Å². The summed E-state index contributed by atoms with van der Waals surface area (Å²) in [5.41, 5.74) is 5.34. The molecule has 0 saturated heterocycles. The number of aliphatic carboxylic acids is 2. The highest BCUT2D eigenvalue weighted by atomic mass is 32.2. The van der Waals surface area contributed by atoms with Gasteiger partial charge in [-0.05, 0) is 103 Å². The standard InChI is InChI=1S/C34H42O7S/c1-39-24-25-21-28(26-13-15-30(42-2)16-14-26)23-29(22-25)40-19-6-4-3-5-9-27-10-7-11-32(31(27)17-18-34(37)38)41-20-8-12-33(35)36/h7,10-11,13-16,21-23H,3-6,8-9,12,17-20,24H2,1-2H3,(H,35,36)(H,37,38). The molecule has 0 atom stereocenters. The number of carboxylic acid groups (broad SMARTS) is 2. The molecule has 0 amide bonds. The molecular weight excluding hydrogens is 552 g/mol. The van der Waals surface area contributed by atoms with Crippen molar-refractivity contribution in [2.45, 2.75) is 69.3 Å². The van der Waals surface area contributed by atoms with E-state index in [1.807, 2.05) is 24.3 Å². The molecule has 0 fully saturated rings. The van der Waals surface area contributed by atoms with Gasteiger partial charge in [-0.2, -0.15) is 0 Å². The minimum Gasteiger partial charge on any atom is -0.494 e. The van der Waals surface area contributed by atoms with Gasteiger partial charge in [0, 0.05) is 24.8 Å². The number of unbranched alkanes of at least 4 members (excludes halogenated alkanes) is 3. The van der Waals surface area contributed by atoms with Gasteiger partial charge in [0.2, 0.25) is 0 Å². The minimum absolute atomic E-state index is 0.0241. The summed E-state index contributed by atoms with van der Waals surface area (Å²) in [6.45, 7) is 1.44. The molecule has 8 heteroatoms. The topological polar surface area (TPSA) is 102 Å². The number of rotatable bonds is 20. The van der Waals surface area contributed by atoms with Crippen LogP contribution in [0.4, 0.5) is 0 Å². The summed E-state index contributed by atoms with van der Waals surface area (Å²) in [6, 6.07) is 20.6. The molecule has 0 aliphatic heterocycles. The Morgan fingerprint density at radius 3 is 2.21 bits per heavy atom. The fourth-order valence-corrected chi connectivity index (χ4v) is 5.22. The first-order chi connectivity index (χ1) is 20.4. The zero-order valence-electron chi connectivity index (χ0n) is 24.6. The summed E-state index contributed by atoms with van der Waals surface area (Å²) >= 11 is 1.73. The predicted octanol–water partition coefficient (Wildman–Crippen LogP) is 7.66. The van der Waals surface area contributed by atoms with Gasteiger partial charge in [-0.3, -0.25) is 9.59 Å². The lowest BCUT2D eigenvalue weighted by atomic mass is 9.97. The Hall–Kier alpha value is -3.49. The van der Waals surface area contributed by atoms with Crippen LogP contribution >= 0.6 is 11.8 Å². The number of ether oxygens (including phenoxy) is 3. The molecule has 0 heterocycles. The van der Waals surface area contributed by atoms with Crippen molar-refractivity contribution < 1.29 is 34.0 Å². The van der Waals surface area contributed by atoms with Gasteiger partial charge in [0.15, 0.2) is 0 Å². The quantitative estimate of drug-likeness (QED) is 0.102. The van der Waals surface area contributed by atoms with Gasteiger partial charge in [-0.25, -0.2) is 0 Å². The maximum absolute atomic E-state index is 11.2. The van der Waals surface area contributed by atoms with E-state index in [0.717, 1.165) is 65.7 Å². The van der Waals surface area contributed by atoms with Crippen molar-refractivity contribution in [1.29, 1.82) is 0 Å². The van der Waals surface area contributed by atoms with Crippen molar-refractivity contribution in [3.63, 3.8) is 0 Å². The van der Waals surface area contributed by atoms with Crippen LogP contribution < -0.4 is 9.47 Å². The first-order valence-electron chi connectivity index (χ1n) is 14.5. The Morgan fingerprint density at radius 1 is 0.762 bits per heavy atom. The van der Waals surface area contributed by atoms with Gasteiger partial charge in [0.1, 0.15) is 11.5 Å². The third-order valence-corrected chi connectivity index (χ3v) is 7.66. The van der Waals surface area contributed by atoms with E-state index in [2.05, 4.69) is 42.7 Å². The van der Waals surface area contributed by atoms with Crippen molar-refractivity contribution >= 4 is 23.7 Å². The van der Waals surface area contributed by atoms with Crippen LogP contribution in [0.5, 0.6) is 11.5 Å². The van der Waals surface area contributed by atoms with E-state index in [1.54, 1.807) is 18.9 Å². The molecule has 0 spiro atoms. The smallest absolute Gasteiger partial charge is 0.303 e. The van der Waals surface area contributed by atoms with Crippen molar-refractivity contribution in [3.05, 3.63) is 77.4 Å². The Balaban J connectivity index is 1.50. The lowest BCUT2D eigenvalue weighted by Gasteiger charge is -2.15. The van der Waals surface area contributed by atoms with Crippen molar-refractivity contribution in [2.75, 3.05) is 26.6 Å². The first-order valence-corrected chi connectivity index (χ1v) is 15.7. The van der Waals surface area contributed by atoms with Gasteiger partial charge in [-0.15, -0.1) is 11.8 Å². The van der Waals surface area contributed by atoms with E-state index in [-0.39, 0.29) is 19.4 Å². The molecule has 0 radical (unpaired) electrons. The monoisotopic (exact) mass is 594 g/mol. The van der Waals surface area contributed by atoms with E-state index >= 15 is 0 Å². The minimum atomic E-state index is -0.856. The summed E-state index contributed by atoms with van der Waals surface area (Å²) in [5, 5.41) is 18.1. The highest BCUT2D eigenvalue weighted by Gasteiger charge is 2.12. The average Bonchev–Trinajstić information content (AvgIpc) is 2.98. The van der Waals surface area contributed by atoms with E-state index in [9.17, 15) is 14.7 Å². The highest BCUT2D eigenvalue weighted by Crippen LogP contribution is 2.29. The molecule has 3 aromatic carbocycles. The van der Waals surface area contributed by atoms with Crippen LogP contribution in [-0.2, 0) is 33.8 Å². The molecule has 0 bridgehead atoms.